The maximum absolute atomic E-state index is 6.63. The Labute approximate surface area is 304 Å². The minimum Gasteiger partial charge on any atom is -0.456 e. The van der Waals surface area contributed by atoms with Crippen molar-refractivity contribution in [1.82, 2.24) is 4.90 Å². The number of para-hydroxylation sites is 1. The molecule has 0 saturated carbocycles. The highest BCUT2D eigenvalue weighted by Crippen LogP contribution is 2.41. The first kappa shape index (κ1) is 29.7. The predicted octanol–water partition coefficient (Wildman–Crippen LogP) is 12.3. The molecule has 5 nitrogen and oxygen atoms in total. The second kappa shape index (κ2) is 11.5. The monoisotopic (exact) mass is 681 g/mol. The number of nitrogens with zero attached hydrogens (tertiary/aromatic N) is 3. The Balaban J connectivity index is 1.10. The maximum Gasteiger partial charge on any atom is 0.159 e. The first-order valence-corrected chi connectivity index (χ1v) is 17.9. The van der Waals surface area contributed by atoms with Crippen LogP contribution in [0, 0.1) is 0 Å². The fourth-order valence-corrected chi connectivity index (χ4v) is 8.10. The summed E-state index contributed by atoms with van der Waals surface area (Å²) in [5.41, 5.74) is 8.65. The van der Waals surface area contributed by atoms with Crippen molar-refractivity contribution < 1.29 is 8.83 Å². The van der Waals surface area contributed by atoms with Crippen molar-refractivity contribution in [2.45, 2.75) is 6.17 Å². The molecule has 0 bridgehead atoms. The first-order valence-electron chi connectivity index (χ1n) is 17.9. The van der Waals surface area contributed by atoms with E-state index in [4.69, 9.17) is 18.8 Å². The van der Waals surface area contributed by atoms with Gasteiger partial charge in [-0.15, -0.1) is 0 Å². The summed E-state index contributed by atoms with van der Waals surface area (Å²) in [6.45, 7) is 0. The third-order valence-electron chi connectivity index (χ3n) is 10.7. The second-order valence-electron chi connectivity index (χ2n) is 13.8. The molecule has 53 heavy (non-hydrogen) atoms. The maximum atomic E-state index is 6.63. The number of hydrogen-bond donors (Lipinski definition) is 0. The van der Waals surface area contributed by atoms with E-state index in [2.05, 4.69) is 151 Å². The average molecular weight is 682 g/mol. The average Bonchev–Trinajstić information content (AvgIpc) is 3.79. The van der Waals surface area contributed by atoms with Gasteiger partial charge in [-0.2, -0.15) is 0 Å². The number of furan rings is 2. The molecule has 0 aliphatic carbocycles. The Morgan fingerprint density at radius 2 is 1.06 bits per heavy atom. The van der Waals surface area contributed by atoms with Crippen molar-refractivity contribution >= 4 is 77.1 Å². The van der Waals surface area contributed by atoms with Crippen LogP contribution in [0.4, 0.5) is 0 Å². The van der Waals surface area contributed by atoms with Crippen molar-refractivity contribution in [3.05, 3.63) is 180 Å². The molecule has 10 aromatic rings. The standard InChI is InChI=1S/C48H31N3O2/c1-51-47(38-15-8-18-41-44(38)36-14-6-7-17-40(36)52-41)49-46(35-23-21-30-11-3-5-13-32(30)27-35)50-48(51)39-16-9-19-42-45(39)37-25-24-34(28-43(37)53-42)33-22-20-29-10-2-4-12-31(29)26-33/h2-28,48H,1H3. The fourth-order valence-electron chi connectivity index (χ4n) is 8.10. The van der Waals surface area contributed by atoms with E-state index in [1.807, 2.05) is 24.3 Å². The summed E-state index contributed by atoms with van der Waals surface area (Å²) in [5.74, 6) is 1.51. The van der Waals surface area contributed by atoms with Gasteiger partial charge in [-0.25, -0.2) is 9.98 Å². The lowest BCUT2D eigenvalue weighted by molar-refractivity contribution is 0.385. The minimum absolute atomic E-state index is 0.387. The highest BCUT2D eigenvalue weighted by atomic mass is 16.3. The molecule has 250 valence electrons. The molecule has 0 spiro atoms. The summed E-state index contributed by atoms with van der Waals surface area (Å²) in [7, 11) is 2.09. The smallest absolute Gasteiger partial charge is 0.159 e. The Bertz CT molecular complexity index is 3160. The van der Waals surface area contributed by atoms with E-state index in [0.717, 1.165) is 82.9 Å². The van der Waals surface area contributed by atoms with Crippen LogP contribution in [0.15, 0.2) is 183 Å². The van der Waals surface area contributed by atoms with Gasteiger partial charge < -0.3 is 13.7 Å². The minimum atomic E-state index is -0.387. The fraction of sp³-hybridized carbons (Fsp3) is 0.0417. The highest BCUT2D eigenvalue weighted by Gasteiger charge is 2.31. The predicted molar refractivity (Wildman–Crippen MR) is 218 cm³/mol. The second-order valence-corrected chi connectivity index (χ2v) is 13.8. The third kappa shape index (κ3) is 4.71. The molecule has 1 atom stereocenters. The van der Waals surface area contributed by atoms with Crippen LogP contribution in [-0.4, -0.2) is 23.6 Å². The van der Waals surface area contributed by atoms with E-state index in [1.54, 1.807) is 0 Å². The molecule has 11 rings (SSSR count). The van der Waals surface area contributed by atoms with E-state index in [0.29, 0.717) is 5.84 Å². The van der Waals surface area contributed by atoms with E-state index in [9.17, 15) is 0 Å². The van der Waals surface area contributed by atoms with Crippen LogP contribution < -0.4 is 0 Å². The van der Waals surface area contributed by atoms with Gasteiger partial charge in [-0.1, -0.05) is 121 Å². The molecule has 0 amide bonds. The van der Waals surface area contributed by atoms with Crippen LogP contribution in [0.3, 0.4) is 0 Å². The quantitative estimate of drug-likeness (QED) is 0.186. The zero-order chi connectivity index (χ0) is 35.0. The van der Waals surface area contributed by atoms with Gasteiger partial charge in [0.25, 0.3) is 0 Å². The van der Waals surface area contributed by atoms with Crippen molar-refractivity contribution in [3.8, 4) is 11.1 Å². The number of amidine groups is 2. The van der Waals surface area contributed by atoms with Crippen molar-refractivity contribution in [3.63, 3.8) is 0 Å². The van der Waals surface area contributed by atoms with Crippen LogP contribution in [0.5, 0.6) is 0 Å². The number of rotatable bonds is 4. The molecule has 2 aromatic heterocycles. The number of benzene rings is 8. The van der Waals surface area contributed by atoms with Gasteiger partial charge in [-0.05, 0) is 75.1 Å². The van der Waals surface area contributed by atoms with Gasteiger partial charge in [0.05, 0.1) is 0 Å². The molecule has 0 radical (unpaired) electrons. The summed E-state index contributed by atoms with van der Waals surface area (Å²) in [6, 6.07) is 57.2. The highest BCUT2D eigenvalue weighted by molar-refractivity contribution is 6.22. The number of hydrogen-bond acceptors (Lipinski definition) is 5. The lowest BCUT2D eigenvalue weighted by Crippen LogP contribution is -2.35. The molecule has 3 heterocycles. The van der Waals surface area contributed by atoms with Gasteiger partial charge in [0, 0.05) is 45.3 Å². The van der Waals surface area contributed by atoms with E-state index < -0.39 is 0 Å². The van der Waals surface area contributed by atoms with E-state index in [-0.39, 0.29) is 6.17 Å². The SMILES string of the molecule is CN1C(c2cccc3oc4ccccc4c23)=NC(c2ccc3ccccc3c2)=NC1c1cccc2oc3cc(-c4ccc5ccccc5c4)ccc3c12. The summed E-state index contributed by atoms with van der Waals surface area (Å²) < 4.78 is 13.0. The van der Waals surface area contributed by atoms with Gasteiger partial charge in [0.15, 0.2) is 12.0 Å². The molecule has 8 aromatic carbocycles. The van der Waals surface area contributed by atoms with Crippen LogP contribution >= 0.6 is 0 Å². The zero-order valence-electron chi connectivity index (χ0n) is 28.8. The molecule has 0 saturated heterocycles. The molecule has 1 unspecified atom stereocenters. The summed E-state index contributed by atoms with van der Waals surface area (Å²) in [6.07, 6.45) is -0.387. The van der Waals surface area contributed by atoms with Crippen LogP contribution in [0.2, 0.25) is 0 Å². The van der Waals surface area contributed by atoms with Crippen molar-refractivity contribution in [2.75, 3.05) is 7.05 Å². The largest absolute Gasteiger partial charge is 0.456 e. The normalized spacial score (nSPS) is 14.9. The Morgan fingerprint density at radius 1 is 0.472 bits per heavy atom. The lowest BCUT2D eigenvalue weighted by Gasteiger charge is -2.33. The Hall–Kier alpha value is -6.98. The molecule has 1 aliphatic heterocycles. The third-order valence-corrected chi connectivity index (χ3v) is 10.7. The van der Waals surface area contributed by atoms with Gasteiger partial charge in [-0.3, -0.25) is 0 Å². The van der Waals surface area contributed by atoms with Crippen LogP contribution in [0.25, 0.3) is 76.5 Å². The van der Waals surface area contributed by atoms with Crippen molar-refractivity contribution in [1.29, 1.82) is 0 Å². The Kier molecular flexibility index (Phi) is 6.46. The Morgan fingerprint density at radius 3 is 1.87 bits per heavy atom. The number of fused-ring (bicyclic) bond motifs is 8. The summed E-state index contributed by atoms with van der Waals surface area (Å²) >= 11 is 0. The van der Waals surface area contributed by atoms with Gasteiger partial charge in [0.2, 0.25) is 0 Å². The molecule has 5 heteroatoms. The van der Waals surface area contributed by atoms with E-state index >= 15 is 0 Å². The molecule has 1 aliphatic rings. The lowest BCUT2D eigenvalue weighted by atomic mass is 9.98. The molecule has 0 fully saturated rings. The van der Waals surface area contributed by atoms with Gasteiger partial charge in [0.1, 0.15) is 28.2 Å². The van der Waals surface area contributed by atoms with Crippen LogP contribution in [-0.2, 0) is 0 Å². The van der Waals surface area contributed by atoms with Crippen LogP contribution in [0.1, 0.15) is 22.9 Å². The summed E-state index contributed by atoms with van der Waals surface area (Å²) in [4.78, 5) is 13.0. The first-order chi connectivity index (χ1) is 26.2. The van der Waals surface area contributed by atoms with E-state index in [1.165, 1.54) is 16.2 Å². The molecular formula is C48H31N3O2. The number of aliphatic imine (C=N–C) groups is 2. The molecule has 0 N–H and O–H groups in total. The topological polar surface area (TPSA) is 54.2 Å². The van der Waals surface area contributed by atoms with Crippen molar-refractivity contribution in [2.24, 2.45) is 9.98 Å². The zero-order valence-corrected chi connectivity index (χ0v) is 28.8. The summed E-state index contributed by atoms with van der Waals surface area (Å²) in [5, 5.41) is 8.99. The molecular weight excluding hydrogens is 651 g/mol. The van der Waals surface area contributed by atoms with Gasteiger partial charge >= 0.3 is 0 Å².